The van der Waals surface area contributed by atoms with Crippen LogP contribution in [0.25, 0.3) is 0 Å². The second kappa shape index (κ2) is 48.3. The highest BCUT2D eigenvalue weighted by Gasteiger charge is 2.47. The van der Waals surface area contributed by atoms with Crippen LogP contribution >= 0.6 is 0 Å². The molecular formula is C60H109N9O24. The molecule has 0 spiro atoms. The van der Waals surface area contributed by atoms with Crippen LogP contribution in [0.5, 0.6) is 0 Å². The van der Waals surface area contributed by atoms with Gasteiger partial charge in [0.2, 0.25) is 53.2 Å². The molecule has 2 fully saturated rings. The molecule has 538 valence electrons. The van der Waals surface area contributed by atoms with Gasteiger partial charge in [-0.1, -0.05) is 6.42 Å². The first-order valence-corrected chi connectivity index (χ1v) is 32.5. The Morgan fingerprint density at radius 1 is 0.473 bits per heavy atom. The molecule has 0 aromatic carbocycles. The lowest BCUT2D eigenvalue weighted by molar-refractivity contribution is -0.270. The SMILES string of the molecule is CCNC(=O)CCCCCNC(=O)C(CCCCNC(=O)CCCCOC1OC(CO)C(O)C(O)C1NC(C)=O)NC(=O)C(CCCCNC(=O)CCCCOC1OC(CO)C(O)C(O)C1NC(C)=O)NC(=O)CCCCOC(OC(CO)[C@@H](C)O)[C@H](CO)NC(C)=O. The molecule has 14 unspecified atom stereocenters. The molecule has 0 saturated carbocycles. The lowest BCUT2D eigenvalue weighted by Crippen LogP contribution is -2.64. The van der Waals surface area contributed by atoms with Crippen LogP contribution in [0.3, 0.4) is 0 Å². The van der Waals surface area contributed by atoms with Crippen molar-refractivity contribution in [2.24, 2.45) is 0 Å². The van der Waals surface area contributed by atoms with Crippen LogP contribution in [0.1, 0.15) is 157 Å². The van der Waals surface area contributed by atoms with E-state index in [9.17, 15) is 89.1 Å². The van der Waals surface area contributed by atoms with Gasteiger partial charge in [0.25, 0.3) is 0 Å². The van der Waals surface area contributed by atoms with Gasteiger partial charge in [0.15, 0.2) is 18.9 Å². The Kier molecular flexibility index (Phi) is 43.5. The summed E-state index contributed by atoms with van der Waals surface area (Å²) in [6.45, 7) is 5.70. The lowest BCUT2D eigenvalue weighted by atomic mass is 9.97. The standard InChI is InChI=1S/C60H109N9O24/c1-6-61-46(78)22-8-7-14-28-64-56(86)40(20-9-15-26-62-47(79)23-11-17-30-89-59-50(66-38(4)76)54(84)52(82)44(34-72)92-59)69-57(87)41(68-49(81)25-13-19-29-88-58(42(32-70)65-37(3)75)91-43(33-71)36(2)74)21-10-16-27-63-48(80)24-12-18-31-90-60-51(67-39(5)77)55(85)53(83)45(35-73)93-60/h36,40-45,50-55,58-60,70-74,82-85H,6-35H2,1-5H3,(H,61,78)(H,62,79)(H,63,80)(H,64,86)(H,65,75)(H,66,76)(H,67,77)(H,68,81)(H,69,87)/t36-,40?,41?,42+,43?,44?,45?,50?,51?,52?,53?,54?,55?,58?,59?,60?/m1/s1. The van der Waals surface area contributed by atoms with E-state index in [1.807, 2.05) is 6.92 Å². The number of aliphatic hydroxyl groups excluding tert-OH is 9. The molecule has 2 aliphatic rings. The molecule has 18 N–H and O–H groups in total. The summed E-state index contributed by atoms with van der Waals surface area (Å²) in [5.74, 6) is -3.82. The summed E-state index contributed by atoms with van der Waals surface area (Å²) in [5, 5.41) is 115. The summed E-state index contributed by atoms with van der Waals surface area (Å²) in [6, 6.07) is -5.52. The summed E-state index contributed by atoms with van der Waals surface area (Å²) in [6.07, 6.45) is -8.22. The number of unbranched alkanes of at least 4 members (excludes halogenated alkanes) is 7. The number of carbonyl (C=O) groups excluding carboxylic acids is 9. The van der Waals surface area contributed by atoms with Gasteiger partial charge in [-0.3, -0.25) is 43.2 Å². The third kappa shape index (κ3) is 34.2. The first-order valence-electron chi connectivity index (χ1n) is 32.5. The van der Waals surface area contributed by atoms with Gasteiger partial charge in [0.05, 0.1) is 32.5 Å². The van der Waals surface area contributed by atoms with E-state index < -0.39 is 160 Å². The molecule has 2 saturated heterocycles. The van der Waals surface area contributed by atoms with E-state index in [0.717, 1.165) is 0 Å². The quantitative estimate of drug-likeness (QED) is 0.0201. The maximum atomic E-state index is 14.3. The zero-order valence-corrected chi connectivity index (χ0v) is 54.6. The van der Waals surface area contributed by atoms with Gasteiger partial charge in [-0.2, -0.15) is 0 Å². The molecule has 9 amide bonds. The van der Waals surface area contributed by atoms with E-state index in [1.54, 1.807) is 0 Å². The van der Waals surface area contributed by atoms with Gasteiger partial charge >= 0.3 is 0 Å². The maximum Gasteiger partial charge on any atom is 0.243 e. The zero-order chi connectivity index (χ0) is 69.3. The van der Waals surface area contributed by atoms with Crippen molar-refractivity contribution in [3.05, 3.63) is 0 Å². The first-order chi connectivity index (χ1) is 44.4. The van der Waals surface area contributed by atoms with Crippen LogP contribution in [0.15, 0.2) is 0 Å². The molecule has 33 heteroatoms. The van der Waals surface area contributed by atoms with Crippen LogP contribution in [-0.2, 0) is 71.6 Å². The van der Waals surface area contributed by atoms with Gasteiger partial charge in [-0.05, 0) is 104 Å². The molecule has 0 bridgehead atoms. The Balaban J connectivity index is 2.13. The average molecular weight is 1340 g/mol. The highest BCUT2D eigenvalue weighted by molar-refractivity contribution is 5.92. The third-order valence-corrected chi connectivity index (χ3v) is 15.2. The Hall–Kier alpha value is -5.37. The molecule has 16 atom stereocenters. The van der Waals surface area contributed by atoms with Crippen molar-refractivity contribution in [2.75, 3.05) is 72.4 Å². The van der Waals surface area contributed by atoms with E-state index >= 15 is 0 Å². The normalized spacial score (nSPS) is 23.2. The molecular weight excluding hydrogens is 1230 g/mol. The first kappa shape index (κ1) is 83.7. The molecule has 0 aliphatic carbocycles. The van der Waals surface area contributed by atoms with Crippen molar-refractivity contribution in [3.8, 4) is 0 Å². The van der Waals surface area contributed by atoms with E-state index in [1.165, 1.54) is 27.7 Å². The summed E-state index contributed by atoms with van der Waals surface area (Å²) in [5.41, 5.74) is 0. The van der Waals surface area contributed by atoms with Crippen LogP contribution < -0.4 is 47.9 Å². The van der Waals surface area contributed by atoms with Gasteiger partial charge in [0, 0.05) is 92.5 Å². The Morgan fingerprint density at radius 2 is 0.914 bits per heavy atom. The fraction of sp³-hybridized carbons (Fsp3) is 0.850. The molecule has 0 aromatic heterocycles. The Morgan fingerprint density at radius 3 is 1.35 bits per heavy atom. The van der Waals surface area contributed by atoms with Crippen molar-refractivity contribution in [3.63, 3.8) is 0 Å². The zero-order valence-electron chi connectivity index (χ0n) is 54.6. The van der Waals surface area contributed by atoms with Crippen LogP contribution in [-0.4, -0.2) is 269 Å². The summed E-state index contributed by atoms with van der Waals surface area (Å²) >= 11 is 0. The monoisotopic (exact) mass is 1340 g/mol. The van der Waals surface area contributed by atoms with E-state index in [0.29, 0.717) is 83.6 Å². The summed E-state index contributed by atoms with van der Waals surface area (Å²) in [4.78, 5) is 115. The topological polar surface area (TPSA) is 499 Å². The predicted octanol–water partition coefficient (Wildman–Crippen LogP) is -4.63. The number of amides is 9. The van der Waals surface area contributed by atoms with E-state index in [-0.39, 0.29) is 102 Å². The van der Waals surface area contributed by atoms with Gasteiger partial charge < -0.3 is 122 Å². The van der Waals surface area contributed by atoms with Crippen molar-refractivity contribution in [1.29, 1.82) is 0 Å². The fourth-order valence-corrected chi connectivity index (χ4v) is 10.0. The van der Waals surface area contributed by atoms with Crippen molar-refractivity contribution >= 4 is 53.2 Å². The smallest absolute Gasteiger partial charge is 0.243 e. The second-order valence-corrected chi connectivity index (χ2v) is 23.2. The summed E-state index contributed by atoms with van der Waals surface area (Å²) in [7, 11) is 0. The minimum atomic E-state index is -1.48. The van der Waals surface area contributed by atoms with Gasteiger partial charge in [0.1, 0.15) is 72.9 Å². The van der Waals surface area contributed by atoms with Crippen molar-refractivity contribution < 1.29 is 118 Å². The van der Waals surface area contributed by atoms with E-state index in [4.69, 9.17) is 28.4 Å². The Labute approximate surface area is 543 Å². The minimum absolute atomic E-state index is 0.0497. The van der Waals surface area contributed by atoms with Crippen LogP contribution in [0, 0.1) is 0 Å². The predicted molar refractivity (Wildman–Crippen MR) is 330 cm³/mol. The highest BCUT2D eigenvalue weighted by Crippen LogP contribution is 2.24. The molecule has 93 heavy (non-hydrogen) atoms. The molecule has 2 heterocycles. The Bertz CT molecular complexity index is 2190. The molecule has 2 aliphatic heterocycles. The van der Waals surface area contributed by atoms with Gasteiger partial charge in [-0.25, -0.2) is 0 Å². The largest absolute Gasteiger partial charge is 0.394 e. The number of carbonyl (C=O) groups is 9. The van der Waals surface area contributed by atoms with Crippen LogP contribution in [0.2, 0.25) is 0 Å². The highest BCUT2D eigenvalue weighted by atomic mass is 16.7. The number of rotatable bonds is 50. The van der Waals surface area contributed by atoms with Crippen molar-refractivity contribution in [2.45, 2.75) is 255 Å². The summed E-state index contributed by atoms with van der Waals surface area (Å²) < 4.78 is 34.1. The number of hydrogen-bond acceptors (Lipinski definition) is 24. The van der Waals surface area contributed by atoms with Crippen molar-refractivity contribution in [1.82, 2.24) is 47.9 Å². The molecule has 2 rings (SSSR count). The fourth-order valence-electron chi connectivity index (χ4n) is 10.0. The second-order valence-electron chi connectivity index (χ2n) is 23.2. The minimum Gasteiger partial charge on any atom is -0.394 e. The lowest BCUT2D eigenvalue weighted by Gasteiger charge is -2.42. The number of aliphatic hydroxyl groups is 9. The number of ether oxygens (including phenoxy) is 6. The van der Waals surface area contributed by atoms with E-state index in [2.05, 4.69) is 47.9 Å². The maximum absolute atomic E-state index is 14.3. The van der Waals surface area contributed by atoms with Crippen LogP contribution in [0.4, 0.5) is 0 Å². The molecule has 0 radical (unpaired) electrons. The average Bonchev–Trinajstić information content (AvgIpc) is 0.924. The number of hydrogen-bond donors (Lipinski definition) is 18. The third-order valence-electron chi connectivity index (χ3n) is 15.2. The van der Waals surface area contributed by atoms with Gasteiger partial charge in [-0.15, -0.1) is 0 Å². The molecule has 33 nitrogen and oxygen atoms in total. The molecule has 0 aromatic rings. The number of nitrogens with one attached hydrogen (secondary N) is 9.